The van der Waals surface area contributed by atoms with Crippen molar-refractivity contribution in [3.63, 3.8) is 0 Å². The van der Waals surface area contributed by atoms with Gasteiger partial charge < -0.3 is 14.4 Å². The zero-order valence-electron chi connectivity index (χ0n) is 19.7. The Kier molecular flexibility index (Phi) is 6.79. The third-order valence-electron chi connectivity index (χ3n) is 5.85. The third-order valence-corrected chi connectivity index (χ3v) is 7.66. The number of benzene rings is 3. The summed E-state index contributed by atoms with van der Waals surface area (Å²) in [6, 6.07) is 17.6. The molecule has 0 bridgehead atoms. The van der Waals surface area contributed by atoms with E-state index in [-0.39, 0.29) is 30.1 Å². The van der Waals surface area contributed by atoms with Crippen LogP contribution >= 0.6 is 0 Å². The standard InChI is InChI=1S/C25H27N3O6S/c1-4-27-22-12-11-21(35(32,33)26(2)3)14-23(22)28(25(31)24(27)30)15-19(29)16-34-20-10-9-17-7-5-6-8-18(17)13-20/h5-14,19,29H,4,15-16H2,1-3H3/t19-/m0/s1. The number of fused-ring (bicyclic) bond motifs is 2. The van der Waals surface area contributed by atoms with Crippen molar-refractivity contribution in [3.8, 4) is 5.75 Å². The van der Waals surface area contributed by atoms with Crippen LogP contribution in [0, 0.1) is 0 Å². The Morgan fingerprint density at radius 3 is 2.29 bits per heavy atom. The van der Waals surface area contributed by atoms with Gasteiger partial charge in [0.25, 0.3) is 0 Å². The highest BCUT2D eigenvalue weighted by Crippen LogP contribution is 2.22. The van der Waals surface area contributed by atoms with Gasteiger partial charge in [0.1, 0.15) is 18.5 Å². The van der Waals surface area contributed by atoms with Crippen molar-refractivity contribution in [1.82, 2.24) is 13.4 Å². The lowest BCUT2D eigenvalue weighted by molar-refractivity contribution is 0.0926. The van der Waals surface area contributed by atoms with Gasteiger partial charge in [0, 0.05) is 20.6 Å². The van der Waals surface area contributed by atoms with Crippen molar-refractivity contribution >= 4 is 31.8 Å². The number of aromatic nitrogens is 2. The van der Waals surface area contributed by atoms with Gasteiger partial charge in [-0.25, -0.2) is 12.7 Å². The van der Waals surface area contributed by atoms with E-state index in [1.165, 1.54) is 36.9 Å². The molecule has 10 heteroatoms. The normalized spacial score (nSPS) is 12.9. The lowest BCUT2D eigenvalue weighted by Crippen LogP contribution is -2.43. The van der Waals surface area contributed by atoms with E-state index < -0.39 is 27.2 Å². The zero-order chi connectivity index (χ0) is 25.3. The average molecular weight is 498 g/mol. The molecule has 0 aliphatic carbocycles. The maximum Gasteiger partial charge on any atom is 0.317 e. The number of hydrogen-bond acceptors (Lipinski definition) is 6. The zero-order valence-corrected chi connectivity index (χ0v) is 20.5. The molecule has 1 heterocycles. The molecular formula is C25H27N3O6S. The monoisotopic (exact) mass is 497 g/mol. The van der Waals surface area contributed by atoms with Crippen LogP contribution in [0.1, 0.15) is 6.92 Å². The number of hydrogen-bond donors (Lipinski definition) is 1. The molecule has 0 amide bonds. The number of sulfonamides is 1. The summed E-state index contributed by atoms with van der Waals surface area (Å²) >= 11 is 0. The first-order valence-corrected chi connectivity index (χ1v) is 12.6. The molecule has 184 valence electrons. The van der Waals surface area contributed by atoms with Crippen LogP contribution in [-0.2, 0) is 23.1 Å². The lowest BCUT2D eigenvalue weighted by atomic mass is 10.1. The van der Waals surface area contributed by atoms with Crippen LogP contribution in [0.5, 0.6) is 5.75 Å². The molecule has 3 aromatic carbocycles. The van der Waals surface area contributed by atoms with Gasteiger partial charge in [-0.05, 0) is 48.0 Å². The highest BCUT2D eigenvalue weighted by Gasteiger charge is 2.21. The van der Waals surface area contributed by atoms with Crippen LogP contribution in [0.4, 0.5) is 0 Å². The van der Waals surface area contributed by atoms with Gasteiger partial charge in [0.2, 0.25) is 10.0 Å². The number of ether oxygens (including phenoxy) is 1. The summed E-state index contributed by atoms with van der Waals surface area (Å²) in [5, 5.41) is 12.7. The molecule has 0 aliphatic heterocycles. The highest BCUT2D eigenvalue weighted by atomic mass is 32.2. The number of aliphatic hydroxyl groups is 1. The SMILES string of the molecule is CCn1c(=O)c(=O)n(C[C@H](O)COc2ccc3ccccc3c2)c2cc(S(=O)(=O)N(C)C)ccc21. The summed E-state index contributed by atoms with van der Waals surface area (Å²) in [7, 11) is -0.957. The minimum absolute atomic E-state index is 0.0219. The smallest absolute Gasteiger partial charge is 0.317 e. The van der Waals surface area contributed by atoms with Gasteiger partial charge in [-0.1, -0.05) is 30.3 Å². The number of aliphatic hydroxyl groups excluding tert-OH is 1. The summed E-state index contributed by atoms with van der Waals surface area (Å²) in [4.78, 5) is 25.6. The molecule has 35 heavy (non-hydrogen) atoms. The molecule has 0 saturated carbocycles. The van der Waals surface area contributed by atoms with Gasteiger partial charge in [0.05, 0.1) is 22.5 Å². The summed E-state index contributed by atoms with van der Waals surface area (Å²) in [6.07, 6.45) is -1.13. The van der Waals surface area contributed by atoms with Crippen LogP contribution in [0.2, 0.25) is 0 Å². The van der Waals surface area contributed by atoms with Gasteiger partial charge in [-0.3, -0.25) is 14.2 Å². The van der Waals surface area contributed by atoms with E-state index in [0.29, 0.717) is 11.3 Å². The molecule has 0 unspecified atom stereocenters. The van der Waals surface area contributed by atoms with E-state index in [1.54, 1.807) is 13.0 Å². The molecule has 0 aliphatic rings. The van der Waals surface area contributed by atoms with Crippen LogP contribution in [0.3, 0.4) is 0 Å². The summed E-state index contributed by atoms with van der Waals surface area (Å²) < 4.78 is 34.5. The van der Waals surface area contributed by atoms with Crippen LogP contribution in [0.25, 0.3) is 21.8 Å². The number of rotatable bonds is 8. The van der Waals surface area contributed by atoms with Gasteiger partial charge in [-0.15, -0.1) is 0 Å². The van der Waals surface area contributed by atoms with Gasteiger partial charge >= 0.3 is 11.1 Å². The molecule has 9 nitrogen and oxygen atoms in total. The Bertz CT molecular complexity index is 1620. The Balaban J connectivity index is 1.69. The molecule has 0 fully saturated rings. The molecule has 4 aromatic rings. The Hall–Kier alpha value is -3.47. The summed E-state index contributed by atoms with van der Waals surface area (Å²) in [6.45, 7) is 1.59. The second kappa shape index (κ2) is 9.65. The van der Waals surface area contributed by atoms with Crippen LogP contribution in [0.15, 0.2) is 75.1 Å². The minimum atomic E-state index is -3.78. The van der Waals surface area contributed by atoms with Crippen molar-refractivity contribution in [2.45, 2.75) is 31.0 Å². The number of aryl methyl sites for hydroxylation is 1. The summed E-state index contributed by atoms with van der Waals surface area (Å²) in [5.74, 6) is 0.556. The predicted molar refractivity (Wildman–Crippen MR) is 134 cm³/mol. The average Bonchev–Trinajstić information content (AvgIpc) is 2.85. The highest BCUT2D eigenvalue weighted by molar-refractivity contribution is 7.89. The Labute approximate surface area is 202 Å². The first-order chi connectivity index (χ1) is 16.6. The predicted octanol–water partition coefficient (Wildman–Crippen LogP) is 2.03. The molecule has 0 saturated heterocycles. The molecule has 0 spiro atoms. The molecule has 1 aromatic heterocycles. The molecule has 1 N–H and O–H groups in total. The molecule has 1 atom stereocenters. The first-order valence-electron chi connectivity index (χ1n) is 11.1. The van der Waals surface area contributed by atoms with Gasteiger partial charge in [0.15, 0.2) is 0 Å². The van der Waals surface area contributed by atoms with E-state index in [9.17, 15) is 23.1 Å². The molecule has 0 radical (unpaired) electrons. The minimum Gasteiger partial charge on any atom is -0.491 e. The quantitative estimate of drug-likeness (QED) is 0.373. The number of nitrogens with zero attached hydrogens (tertiary/aromatic N) is 3. The second-order valence-electron chi connectivity index (χ2n) is 8.38. The Morgan fingerprint density at radius 1 is 0.914 bits per heavy atom. The molecule has 4 rings (SSSR count). The summed E-state index contributed by atoms with van der Waals surface area (Å²) in [5.41, 5.74) is -0.948. The van der Waals surface area contributed by atoms with Crippen molar-refractivity contribution in [2.24, 2.45) is 0 Å². The van der Waals surface area contributed by atoms with Crippen molar-refractivity contribution < 1.29 is 18.3 Å². The second-order valence-corrected chi connectivity index (χ2v) is 10.5. The van der Waals surface area contributed by atoms with Gasteiger partial charge in [-0.2, -0.15) is 0 Å². The van der Waals surface area contributed by atoms with Crippen molar-refractivity contribution in [1.29, 1.82) is 0 Å². The lowest BCUT2D eigenvalue weighted by Gasteiger charge is -2.19. The van der Waals surface area contributed by atoms with Crippen molar-refractivity contribution in [3.05, 3.63) is 81.4 Å². The van der Waals surface area contributed by atoms with E-state index in [4.69, 9.17) is 4.74 Å². The van der Waals surface area contributed by atoms with E-state index in [2.05, 4.69) is 0 Å². The largest absolute Gasteiger partial charge is 0.491 e. The Morgan fingerprint density at radius 2 is 1.60 bits per heavy atom. The maximum atomic E-state index is 12.9. The third kappa shape index (κ3) is 4.72. The topological polar surface area (TPSA) is 111 Å². The first kappa shape index (κ1) is 24.6. The van der Waals surface area contributed by atoms with Crippen LogP contribution in [-0.4, -0.2) is 53.8 Å². The molecular weight excluding hydrogens is 470 g/mol. The fourth-order valence-corrected chi connectivity index (χ4v) is 4.90. The van der Waals surface area contributed by atoms with Crippen molar-refractivity contribution in [2.75, 3.05) is 20.7 Å². The van der Waals surface area contributed by atoms with E-state index in [0.717, 1.165) is 19.6 Å². The fraction of sp³-hybridized carbons (Fsp3) is 0.280. The maximum absolute atomic E-state index is 12.9. The van der Waals surface area contributed by atoms with Crippen LogP contribution < -0.4 is 15.9 Å². The van der Waals surface area contributed by atoms with E-state index in [1.807, 2.05) is 36.4 Å². The fourth-order valence-electron chi connectivity index (χ4n) is 3.98. The van der Waals surface area contributed by atoms with E-state index >= 15 is 0 Å².